The van der Waals surface area contributed by atoms with E-state index in [0.29, 0.717) is 51.9 Å². The van der Waals surface area contributed by atoms with Crippen molar-refractivity contribution in [1.82, 2.24) is 20.0 Å². The SMILES string of the molecule is CCC(=O)N1CCC2(CC1)NC(=O)N([C@@H]1CCCN(C(=O)CC(C)(C)C)C1)C2=O. The van der Waals surface area contributed by atoms with Crippen LogP contribution in [0.3, 0.4) is 0 Å². The molecule has 3 saturated heterocycles. The largest absolute Gasteiger partial charge is 0.343 e. The molecule has 0 saturated carbocycles. The highest BCUT2D eigenvalue weighted by molar-refractivity contribution is 6.07. The van der Waals surface area contributed by atoms with Crippen LogP contribution >= 0.6 is 0 Å². The zero-order valence-electron chi connectivity index (χ0n) is 18.1. The number of nitrogens with zero attached hydrogens (tertiary/aromatic N) is 3. The topological polar surface area (TPSA) is 90.0 Å². The number of rotatable bonds is 3. The fourth-order valence-electron chi connectivity index (χ4n) is 4.63. The van der Waals surface area contributed by atoms with Crippen molar-refractivity contribution < 1.29 is 19.2 Å². The van der Waals surface area contributed by atoms with Crippen LogP contribution in [-0.2, 0) is 14.4 Å². The van der Waals surface area contributed by atoms with E-state index in [1.807, 2.05) is 27.7 Å². The van der Waals surface area contributed by atoms with Crippen molar-refractivity contribution in [2.24, 2.45) is 5.41 Å². The number of amides is 5. The van der Waals surface area contributed by atoms with E-state index in [1.54, 1.807) is 9.80 Å². The van der Waals surface area contributed by atoms with E-state index in [4.69, 9.17) is 0 Å². The Morgan fingerprint density at radius 3 is 2.31 bits per heavy atom. The van der Waals surface area contributed by atoms with Crippen LogP contribution in [0.15, 0.2) is 0 Å². The maximum atomic E-state index is 13.3. The van der Waals surface area contributed by atoms with Crippen LogP contribution in [0.25, 0.3) is 0 Å². The molecule has 1 N–H and O–H groups in total. The van der Waals surface area contributed by atoms with Gasteiger partial charge in [0.1, 0.15) is 5.54 Å². The summed E-state index contributed by atoms with van der Waals surface area (Å²) in [5, 5.41) is 2.92. The second-order valence-electron chi connectivity index (χ2n) is 9.79. The van der Waals surface area contributed by atoms with Gasteiger partial charge in [-0.2, -0.15) is 0 Å². The van der Waals surface area contributed by atoms with Gasteiger partial charge in [0.15, 0.2) is 0 Å². The molecular formula is C21H34N4O4. The molecule has 0 aromatic heterocycles. The Morgan fingerprint density at radius 1 is 1.07 bits per heavy atom. The van der Waals surface area contributed by atoms with Crippen LogP contribution in [0.5, 0.6) is 0 Å². The normalized spacial score (nSPS) is 24.8. The lowest BCUT2D eigenvalue weighted by Crippen LogP contribution is -2.57. The van der Waals surface area contributed by atoms with Crippen LogP contribution in [-0.4, -0.2) is 76.2 Å². The summed E-state index contributed by atoms with van der Waals surface area (Å²) in [5.74, 6) is -0.0367. The van der Waals surface area contributed by atoms with Gasteiger partial charge in [-0.1, -0.05) is 27.7 Å². The predicted molar refractivity (Wildman–Crippen MR) is 108 cm³/mol. The predicted octanol–water partition coefficient (Wildman–Crippen LogP) is 1.74. The molecule has 8 heteroatoms. The summed E-state index contributed by atoms with van der Waals surface area (Å²) in [6, 6.07) is -0.643. The zero-order chi connectivity index (χ0) is 21.4. The number of carbonyl (C=O) groups excluding carboxylic acids is 4. The summed E-state index contributed by atoms with van der Waals surface area (Å²) in [5.41, 5.74) is -1.00. The number of piperidine rings is 2. The van der Waals surface area contributed by atoms with Gasteiger partial charge in [-0.25, -0.2) is 4.79 Å². The average Bonchev–Trinajstić information content (AvgIpc) is 2.90. The molecule has 0 bridgehead atoms. The summed E-state index contributed by atoms with van der Waals surface area (Å²) < 4.78 is 0. The van der Waals surface area contributed by atoms with Crippen molar-refractivity contribution >= 4 is 23.8 Å². The highest BCUT2D eigenvalue weighted by Gasteiger charge is 2.54. The first-order chi connectivity index (χ1) is 13.6. The zero-order valence-corrected chi connectivity index (χ0v) is 18.1. The van der Waals surface area contributed by atoms with Crippen LogP contribution in [0.4, 0.5) is 4.79 Å². The Kier molecular flexibility index (Phi) is 5.92. The molecule has 1 atom stereocenters. The van der Waals surface area contributed by atoms with Gasteiger partial charge < -0.3 is 15.1 Å². The van der Waals surface area contributed by atoms with Crippen molar-refractivity contribution in [1.29, 1.82) is 0 Å². The number of likely N-dealkylation sites (tertiary alicyclic amines) is 2. The third-order valence-electron chi connectivity index (χ3n) is 6.26. The number of hydrogen-bond acceptors (Lipinski definition) is 4. The Morgan fingerprint density at radius 2 is 1.72 bits per heavy atom. The highest BCUT2D eigenvalue weighted by Crippen LogP contribution is 2.33. The van der Waals surface area contributed by atoms with E-state index >= 15 is 0 Å². The van der Waals surface area contributed by atoms with Gasteiger partial charge in [0, 0.05) is 39.0 Å². The fourth-order valence-corrected chi connectivity index (χ4v) is 4.63. The lowest BCUT2D eigenvalue weighted by Gasteiger charge is -2.39. The molecule has 0 radical (unpaired) electrons. The maximum Gasteiger partial charge on any atom is 0.325 e. The molecule has 162 valence electrons. The van der Waals surface area contributed by atoms with Gasteiger partial charge in [0.2, 0.25) is 11.8 Å². The Bertz CT molecular complexity index is 691. The smallest absolute Gasteiger partial charge is 0.325 e. The van der Waals surface area contributed by atoms with E-state index < -0.39 is 5.54 Å². The number of carbonyl (C=O) groups is 4. The fraction of sp³-hybridized carbons (Fsp3) is 0.810. The highest BCUT2D eigenvalue weighted by atomic mass is 16.2. The minimum absolute atomic E-state index is 0.0776. The third-order valence-corrected chi connectivity index (χ3v) is 6.26. The minimum Gasteiger partial charge on any atom is -0.343 e. The molecule has 8 nitrogen and oxygen atoms in total. The van der Waals surface area contributed by atoms with E-state index in [-0.39, 0.29) is 35.2 Å². The minimum atomic E-state index is -0.903. The summed E-state index contributed by atoms with van der Waals surface area (Å²) >= 11 is 0. The van der Waals surface area contributed by atoms with Gasteiger partial charge >= 0.3 is 6.03 Å². The Hall–Kier alpha value is -2.12. The summed E-state index contributed by atoms with van der Waals surface area (Å²) in [4.78, 5) is 55.5. The van der Waals surface area contributed by atoms with Crippen molar-refractivity contribution in [3.63, 3.8) is 0 Å². The average molecular weight is 407 g/mol. The summed E-state index contributed by atoms with van der Waals surface area (Å²) in [6.45, 7) is 9.96. The number of nitrogens with one attached hydrogen (secondary N) is 1. The molecular weight excluding hydrogens is 372 g/mol. The van der Waals surface area contributed by atoms with Crippen LogP contribution in [0.2, 0.25) is 0 Å². The molecule has 5 amide bonds. The first-order valence-electron chi connectivity index (χ1n) is 10.8. The van der Waals surface area contributed by atoms with E-state index in [9.17, 15) is 19.2 Å². The lowest BCUT2D eigenvalue weighted by molar-refractivity contribution is -0.141. The van der Waals surface area contributed by atoms with Crippen molar-refractivity contribution in [3.8, 4) is 0 Å². The molecule has 1 spiro atoms. The van der Waals surface area contributed by atoms with Crippen LogP contribution < -0.4 is 5.32 Å². The number of imide groups is 1. The van der Waals surface area contributed by atoms with E-state index in [0.717, 1.165) is 12.8 Å². The monoisotopic (exact) mass is 406 g/mol. The van der Waals surface area contributed by atoms with Crippen LogP contribution in [0.1, 0.15) is 66.2 Å². The van der Waals surface area contributed by atoms with Crippen LogP contribution in [0, 0.1) is 5.41 Å². The van der Waals surface area contributed by atoms with E-state index in [2.05, 4.69) is 5.32 Å². The number of urea groups is 1. The summed E-state index contributed by atoms with van der Waals surface area (Å²) in [6.07, 6.45) is 3.28. The molecule has 0 aromatic carbocycles. The Labute approximate surface area is 172 Å². The molecule has 3 rings (SSSR count). The molecule has 3 aliphatic rings. The standard InChI is InChI=1S/C21H34N4O4/c1-5-16(26)23-11-8-21(9-12-23)18(28)25(19(29)22-21)15-7-6-10-24(14-15)17(27)13-20(2,3)4/h15H,5-14H2,1-4H3,(H,22,29)/t15-/m1/s1. The number of hydrogen-bond donors (Lipinski definition) is 1. The van der Waals surface area contributed by atoms with E-state index in [1.165, 1.54) is 4.90 Å². The first-order valence-corrected chi connectivity index (χ1v) is 10.8. The molecule has 0 unspecified atom stereocenters. The molecule has 0 aromatic rings. The lowest BCUT2D eigenvalue weighted by atomic mass is 9.86. The van der Waals surface area contributed by atoms with Gasteiger partial charge in [-0.05, 0) is 31.1 Å². The molecule has 0 aliphatic carbocycles. The molecule has 3 fully saturated rings. The molecule has 29 heavy (non-hydrogen) atoms. The van der Waals surface area contributed by atoms with Crippen molar-refractivity contribution in [2.45, 2.75) is 77.8 Å². The van der Waals surface area contributed by atoms with Gasteiger partial charge in [0.25, 0.3) is 5.91 Å². The third kappa shape index (κ3) is 4.41. The quantitative estimate of drug-likeness (QED) is 0.723. The first kappa shape index (κ1) is 21.6. The van der Waals surface area contributed by atoms with Gasteiger partial charge in [0.05, 0.1) is 6.04 Å². The summed E-state index contributed by atoms with van der Waals surface area (Å²) in [7, 11) is 0. The van der Waals surface area contributed by atoms with Gasteiger partial charge in [-0.3, -0.25) is 19.3 Å². The van der Waals surface area contributed by atoms with Gasteiger partial charge in [-0.15, -0.1) is 0 Å². The Balaban J connectivity index is 1.67. The van der Waals surface area contributed by atoms with Crippen molar-refractivity contribution in [2.75, 3.05) is 26.2 Å². The molecule has 3 heterocycles. The van der Waals surface area contributed by atoms with Crippen molar-refractivity contribution in [3.05, 3.63) is 0 Å². The second-order valence-corrected chi connectivity index (χ2v) is 9.79. The molecule has 3 aliphatic heterocycles. The maximum absolute atomic E-state index is 13.3. The second kappa shape index (κ2) is 7.95.